The van der Waals surface area contributed by atoms with Gasteiger partial charge in [-0.2, -0.15) is 0 Å². The molecule has 4 rings (SSSR count). The number of fused-ring (bicyclic) bond motifs is 3. The van der Waals surface area contributed by atoms with Gasteiger partial charge in [0.1, 0.15) is 6.61 Å². The van der Waals surface area contributed by atoms with E-state index in [4.69, 9.17) is 9.84 Å². The zero-order valence-corrected chi connectivity index (χ0v) is 18.2. The van der Waals surface area contributed by atoms with Crippen molar-refractivity contribution in [2.24, 2.45) is 11.8 Å². The minimum Gasteiger partial charge on any atom is -0.479 e. The molecule has 0 aliphatic heterocycles. The third-order valence-electron chi connectivity index (χ3n) is 6.60. The van der Waals surface area contributed by atoms with Crippen LogP contribution in [-0.2, 0) is 14.3 Å². The van der Waals surface area contributed by atoms with Crippen LogP contribution >= 0.6 is 0 Å². The highest BCUT2D eigenvalue weighted by molar-refractivity contribution is 5.81. The van der Waals surface area contributed by atoms with Crippen molar-refractivity contribution in [1.82, 2.24) is 10.6 Å². The summed E-state index contributed by atoms with van der Waals surface area (Å²) in [6.45, 7) is 0.189. The Morgan fingerprint density at radius 2 is 1.61 bits per heavy atom. The number of aliphatic hydroxyl groups is 1. The first-order valence-electron chi connectivity index (χ1n) is 11.2. The van der Waals surface area contributed by atoms with E-state index in [2.05, 4.69) is 34.9 Å². The highest BCUT2D eigenvalue weighted by atomic mass is 16.5. The molecule has 8 heteroatoms. The van der Waals surface area contributed by atoms with Crippen LogP contribution in [0.4, 0.5) is 4.79 Å². The number of carbonyl (C=O) groups is 3. The largest absolute Gasteiger partial charge is 0.479 e. The summed E-state index contributed by atoms with van der Waals surface area (Å²) >= 11 is 0. The number of carboxylic acid groups (broad SMARTS) is 1. The van der Waals surface area contributed by atoms with E-state index in [0.717, 1.165) is 35.1 Å². The standard InChI is InChI=1S/C25H28N2O6/c28-22(24(30)31)13-26-23(29)16-11-5-6-15(16)12-27-25(32)33-14-21-19-9-3-1-7-17(19)18-8-2-4-10-20(18)21/h1-4,7-10,15-16,21-22,28H,5-6,11-14H2,(H,26,29)(H,27,32)(H,30,31)/t15-,16-,22+/m1/s1. The number of alkyl carbamates (subject to hydrolysis) is 1. The van der Waals surface area contributed by atoms with E-state index in [0.29, 0.717) is 13.0 Å². The lowest BCUT2D eigenvalue weighted by Gasteiger charge is -2.20. The minimum atomic E-state index is -1.63. The van der Waals surface area contributed by atoms with Crippen molar-refractivity contribution < 1.29 is 29.3 Å². The molecule has 3 atom stereocenters. The van der Waals surface area contributed by atoms with Gasteiger partial charge in [0.05, 0.1) is 6.54 Å². The second-order valence-corrected chi connectivity index (χ2v) is 8.60. The van der Waals surface area contributed by atoms with Crippen LogP contribution < -0.4 is 10.6 Å². The van der Waals surface area contributed by atoms with E-state index < -0.39 is 18.2 Å². The van der Waals surface area contributed by atoms with E-state index in [1.54, 1.807) is 0 Å². The molecule has 33 heavy (non-hydrogen) atoms. The lowest BCUT2D eigenvalue weighted by molar-refractivity contribution is -0.146. The molecule has 2 amide bonds. The summed E-state index contributed by atoms with van der Waals surface area (Å²) in [4.78, 5) is 35.5. The highest BCUT2D eigenvalue weighted by Crippen LogP contribution is 2.44. The quantitative estimate of drug-likeness (QED) is 0.488. The van der Waals surface area contributed by atoms with E-state index in [-0.39, 0.29) is 36.8 Å². The van der Waals surface area contributed by atoms with Gasteiger partial charge in [0, 0.05) is 18.4 Å². The van der Waals surface area contributed by atoms with Gasteiger partial charge >= 0.3 is 12.1 Å². The zero-order chi connectivity index (χ0) is 23.4. The van der Waals surface area contributed by atoms with Crippen LogP contribution in [0, 0.1) is 11.8 Å². The topological polar surface area (TPSA) is 125 Å². The number of rotatable bonds is 8. The molecule has 2 aliphatic rings. The molecule has 2 aliphatic carbocycles. The maximum Gasteiger partial charge on any atom is 0.407 e. The third-order valence-corrected chi connectivity index (χ3v) is 6.60. The van der Waals surface area contributed by atoms with Gasteiger partial charge < -0.3 is 25.6 Å². The number of hydrogen-bond donors (Lipinski definition) is 4. The molecule has 0 bridgehead atoms. The van der Waals surface area contributed by atoms with Crippen LogP contribution in [0.25, 0.3) is 11.1 Å². The van der Waals surface area contributed by atoms with Crippen molar-refractivity contribution in [3.05, 3.63) is 59.7 Å². The summed E-state index contributed by atoms with van der Waals surface area (Å²) in [5.74, 6) is -2.09. The van der Waals surface area contributed by atoms with Crippen molar-refractivity contribution in [1.29, 1.82) is 0 Å². The van der Waals surface area contributed by atoms with Crippen LogP contribution in [0.5, 0.6) is 0 Å². The summed E-state index contributed by atoms with van der Waals surface area (Å²) in [5.41, 5.74) is 4.61. The Kier molecular flexibility index (Phi) is 6.93. The molecule has 0 heterocycles. The molecule has 2 aromatic carbocycles. The Morgan fingerprint density at radius 3 is 2.24 bits per heavy atom. The molecule has 8 nitrogen and oxygen atoms in total. The Balaban J connectivity index is 1.28. The predicted molar refractivity (Wildman–Crippen MR) is 121 cm³/mol. The van der Waals surface area contributed by atoms with E-state index in [9.17, 15) is 19.5 Å². The summed E-state index contributed by atoms with van der Waals surface area (Å²) in [7, 11) is 0. The molecular weight excluding hydrogens is 424 g/mol. The molecule has 1 fully saturated rings. The van der Waals surface area contributed by atoms with Gasteiger partial charge in [-0.3, -0.25) is 4.79 Å². The first-order chi connectivity index (χ1) is 16.0. The molecule has 1 saturated carbocycles. The van der Waals surface area contributed by atoms with Crippen LogP contribution in [0.1, 0.15) is 36.3 Å². The van der Waals surface area contributed by atoms with Gasteiger partial charge in [0.2, 0.25) is 5.91 Å². The maximum absolute atomic E-state index is 12.4. The lowest BCUT2D eigenvalue weighted by Crippen LogP contribution is -2.42. The van der Waals surface area contributed by atoms with Crippen LogP contribution in [0.3, 0.4) is 0 Å². The third kappa shape index (κ3) is 5.01. The number of benzene rings is 2. The fraction of sp³-hybridized carbons (Fsp3) is 0.400. The highest BCUT2D eigenvalue weighted by Gasteiger charge is 2.34. The van der Waals surface area contributed by atoms with Gasteiger partial charge in [-0.05, 0) is 41.0 Å². The van der Waals surface area contributed by atoms with Crippen LogP contribution in [-0.4, -0.2) is 54.0 Å². The van der Waals surface area contributed by atoms with Gasteiger partial charge in [-0.25, -0.2) is 9.59 Å². The Morgan fingerprint density at radius 1 is 0.970 bits per heavy atom. The molecule has 0 spiro atoms. The first kappa shape index (κ1) is 22.8. The number of aliphatic hydroxyl groups excluding tert-OH is 1. The smallest absolute Gasteiger partial charge is 0.407 e. The van der Waals surface area contributed by atoms with Gasteiger partial charge in [-0.1, -0.05) is 55.0 Å². The summed E-state index contributed by atoms with van der Waals surface area (Å²) < 4.78 is 5.55. The molecule has 2 aromatic rings. The number of ether oxygens (including phenoxy) is 1. The number of nitrogens with one attached hydrogen (secondary N) is 2. The second-order valence-electron chi connectivity index (χ2n) is 8.60. The Bertz CT molecular complexity index is 994. The second kappa shape index (κ2) is 10.0. The van der Waals surface area contributed by atoms with E-state index >= 15 is 0 Å². The molecule has 174 valence electrons. The number of hydrogen-bond acceptors (Lipinski definition) is 5. The van der Waals surface area contributed by atoms with E-state index in [1.807, 2.05) is 24.3 Å². The summed E-state index contributed by atoms with van der Waals surface area (Å²) in [5, 5.41) is 23.3. The molecule has 0 aromatic heterocycles. The van der Waals surface area contributed by atoms with E-state index in [1.165, 1.54) is 0 Å². The molecular formula is C25H28N2O6. The van der Waals surface area contributed by atoms with Crippen LogP contribution in [0.2, 0.25) is 0 Å². The molecule has 0 saturated heterocycles. The maximum atomic E-state index is 12.4. The van der Waals surface area contributed by atoms with Crippen molar-refractivity contribution in [2.45, 2.75) is 31.3 Å². The fourth-order valence-corrected chi connectivity index (χ4v) is 4.91. The molecule has 4 N–H and O–H groups in total. The lowest BCUT2D eigenvalue weighted by atomic mass is 9.95. The predicted octanol–water partition coefficient (Wildman–Crippen LogP) is 2.50. The monoisotopic (exact) mass is 452 g/mol. The normalized spacial score (nSPS) is 19.9. The molecule has 0 radical (unpaired) electrons. The summed E-state index contributed by atoms with van der Waals surface area (Å²) in [6.07, 6.45) is 0.128. The molecule has 0 unspecified atom stereocenters. The number of carboxylic acids is 1. The zero-order valence-electron chi connectivity index (χ0n) is 18.2. The van der Waals surface area contributed by atoms with Crippen molar-refractivity contribution >= 4 is 18.0 Å². The van der Waals surface area contributed by atoms with Crippen molar-refractivity contribution in [3.8, 4) is 11.1 Å². The van der Waals surface area contributed by atoms with Crippen molar-refractivity contribution in [2.75, 3.05) is 19.7 Å². The van der Waals surface area contributed by atoms with Crippen LogP contribution in [0.15, 0.2) is 48.5 Å². The van der Waals surface area contributed by atoms with Gasteiger partial charge in [-0.15, -0.1) is 0 Å². The van der Waals surface area contributed by atoms with Gasteiger partial charge in [0.15, 0.2) is 6.10 Å². The number of carbonyl (C=O) groups excluding carboxylic acids is 2. The average molecular weight is 453 g/mol. The summed E-state index contributed by atoms with van der Waals surface area (Å²) in [6, 6.07) is 16.2. The average Bonchev–Trinajstić information content (AvgIpc) is 3.42. The number of amides is 2. The number of aliphatic carboxylic acids is 1. The Labute approximate surface area is 192 Å². The fourth-order valence-electron chi connectivity index (χ4n) is 4.91. The first-order valence-corrected chi connectivity index (χ1v) is 11.2. The SMILES string of the molecule is O=C(NC[C@H]1CCC[C@H]1C(=O)NC[C@H](O)C(=O)O)OCC1c2ccccc2-c2ccccc21. The van der Waals surface area contributed by atoms with Crippen molar-refractivity contribution in [3.63, 3.8) is 0 Å². The van der Waals surface area contributed by atoms with Gasteiger partial charge in [0.25, 0.3) is 0 Å². The Hall–Kier alpha value is -3.39. The minimum absolute atomic E-state index is 0.0196.